The van der Waals surface area contributed by atoms with E-state index in [1.54, 1.807) is 0 Å². The zero-order chi connectivity index (χ0) is 10.9. The summed E-state index contributed by atoms with van der Waals surface area (Å²) in [5, 5.41) is 2.97. The van der Waals surface area contributed by atoms with Gasteiger partial charge in [0.15, 0.2) is 0 Å². The lowest BCUT2D eigenvalue weighted by Crippen LogP contribution is -2.31. The maximum atomic E-state index is 11.6. The molecule has 2 nitrogen and oxygen atoms in total. The highest BCUT2D eigenvalue weighted by atomic mass is 16.1. The Balaban J connectivity index is 2.08. The lowest BCUT2D eigenvalue weighted by Gasteiger charge is -2.16. The first-order chi connectivity index (χ1) is 7.34. The fourth-order valence-electron chi connectivity index (χ4n) is 1.74. The van der Waals surface area contributed by atoms with Gasteiger partial charge in [0.2, 0.25) is 5.91 Å². The van der Waals surface area contributed by atoms with E-state index in [-0.39, 0.29) is 11.8 Å². The lowest BCUT2D eigenvalue weighted by molar-refractivity contribution is -0.125. The van der Waals surface area contributed by atoms with Crippen molar-refractivity contribution in [3.8, 4) is 12.3 Å². The number of terminal acetylenes is 1. The molecule has 1 rings (SSSR count). The highest BCUT2D eigenvalue weighted by molar-refractivity contribution is 5.78. The molecule has 0 aromatic rings. The third-order valence-electron chi connectivity index (χ3n) is 2.69. The third kappa shape index (κ3) is 4.69. The molecular weight excluding hydrogens is 186 g/mol. The largest absolute Gasteiger partial charge is 0.356 e. The Morgan fingerprint density at radius 3 is 3.00 bits per heavy atom. The van der Waals surface area contributed by atoms with Gasteiger partial charge in [-0.25, -0.2) is 0 Å². The van der Waals surface area contributed by atoms with Crippen molar-refractivity contribution >= 4 is 5.91 Å². The fraction of sp³-hybridized carbons (Fsp3) is 0.615. The number of amides is 1. The van der Waals surface area contributed by atoms with E-state index in [9.17, 15) is 4.79 Å². The van der Waals surface area contributed by atoms with Crippen LogP contribution in [0.5, 0.6) is 0 Å². The van der Waals surface area contributed by atoms with Crippen LogP contribution in [0.4, 0.5) is 0 Å². The van der Waals surface area contributed by atoms with Crippen LogP contribution >= 0.6 is 0 Å². The van der Waals surface area contributed by atoms with E-state index in [4.69, 9.17) is 6.42 Å². The maximum absolute atomic E-state index is 11.6. The van der Waals surface area contributed by atoms with Crippen LogP contribution in [0.3, 0.4) is 0 Å². The predicted octanol–water partition coefficient (Wildman–Crippen LogP) is 2.26. The number of unbranched alkanes of at least 4 members (excludes halogenated alkanes) is 2. The summed E-state index contributed by atoms with van der Waals surface area (Å²) in [5.41, 5.74) is 0. The molecule has 1 N–H and O–H groups in total. The molecule has 0 heterocycles. The molecule has 0 aromatic carbocycles. The zero-order valence-corrected chi connectivity index (χ0v) is 9.17. The number of carbonyl (C=O) groups is 1. The molecule has 15 heavy (non-hydrogen) atoms. The second kappa shape index (κ2) is 7.11. The average Bonchev–Trinajstić information content (AvgIpc) is 2.30. The average molecular weight is 205 g/mol. The normalized spacial score (nSPS) is 19.5. The summed E-state index contributed by atoms with van der Waals surface area (Å²) in [4.78, 5) is 11.6. The van der Waals surface area contributed by atoms with Crippen LogP contribution in [0.1, 0.15) is 38.5 Å². The molecular formula is C13H19NO. The SMILES string of the molecule is C#CCCCCNC(=O)C1CC=CCC1. The van der Waals surface area contributed by atoms with E-state index in [0.717, 1.165) is 45.1 Å². The first kappa shape index (κ1) is 11.8. The number of hydrogen-bond donors (Lipinski definition) is 1. The molecule has 1 amide bonds. The molecule has 1 atom stereocenters. The Kier molecular flexibility index (Phi) is 5.62. The highest BCUT2D eigenvalue weighted by Gasteiger charge is 2.17. The quantitative estimate of drug-likeness (QED) is 0.416. The Morgan fingerprint density at radius 2 is 2.33 bits per heavy atom. The summed E-state index contributed by atoms with van der Waals surface area (Å²) >= 11 is 0. The van der Waals surface area contributed by atoms with Gasteiger partial charge in [-0.05, 0) is 32.1 Å². The van der Waals surface area contributed by atoms with Crippen LogP contribution in [0.2, 0.25) is 0 Å². The number of nitrogens with one attached hydrogen (secondary N) is 1. The summed E-state index contributed by atoms with van der Waals surface area (Å²) in [6.07, 6.45) is 15.1. The predicted molar refractivity (Wildman–Crippen MR) is 62.2 cm³/mol. The molecule has 1 aliphatic carbocycles. The van der Waals surface area contributed by atoms with Crippen molar-refractivity contribution in [2.75, 3.05) is 6.54 Å². The van der Waals surface area contributed by atoms with E-state index >= 15 is 0 Å². The summed E-state index contributed by atoms with van der Waals surface area (Å²) in [6, 6.07) is 0. The molecule has 0 aliphatic heterocycles. The minimum Gasteiger partial charge on any atom is -0.356 e. The van der Waals surface area contributed by atoms with E-state index in [2.05, 4.69) is 23.4 Å². The van der Waals surface area contributed by atoms with Gasteiger partial charge in [0.1, 0.15) is 0 Å². The molecule has 0 spiro atoms. The summed E-state index contributed by atoms with van der Waals surface area (Å²) in [5.74, 6) is 3.00. The van der Waals surface area contributed by atoms with Crippen LogP contribution in [-0.2, 0) is 4.79 Å². The number of rotatable bonds is 5. The molecule has 1 aliphatic rings. The Morgan fingerprint density at radius 1 is 1.47 bits per heavy atom. The number of hydrogen-bond acceptors (Lipinski definition) is 1. The monoisotopic (exact) mass is 205 g/mol. The standard InChI is InChI=1S/C13H19NO/c1-2-3-4-8-11-14-13(15)12-9-6-5-7-10-12/h1,5-6,12H,3-4,7-11H2,(H,14,15). The van der Waals surface area contributed by atoms with Crippen molar-refractivity contribution in [3.05, 3.63) is 12.2 Å². The Hall–Kier alpha value is -1.23. The van der Waals surface area contributed by atoms with E-state index in [1.807, 2.05) is 0 Å². The van der Waals surface area contributed by atoms with Crippen molar-refractivity contribution < 1.29 is 4.79 Å². The second-order valence-corrected chi connectivity index (χ2v) is 3.93. The first-order valence-electron chi connectivity index (χ1n) is 5.70. The molecule has 0 saturated carbocycles. The molecule has 0 fully saturated rings. The summed E-state index contributed by atoms with van der Waals surface area (Å²) < 4.78 is 0. The van der Waals surface area contributed by atoms with Gasteiger partial charge in [-0.3, -0.25) is 4.79 Å². The van der Waals surface area contributed by atoms with Crippen LogP contribution in [0, 0.1) is 18.3 Å². The fourth-order valence-corrected chi connectivity index (χ4v) is 1.74. The molecule has 0 aromatic heterocycles. The van der Waals surface area contributed by atoms with Gasteiger partial charge in [-0.15, -0.1) is 12.3 Å². The van der Waals surface area contributed by atoms with Crippen molar-refractivity contribution in [2.45, 2.75) is 38.5 Å². The summed E-state index contributed by atoms with van der Waals surface area (Å²) in [6.45, 7) is 0.765. The van der Waals surface area contributed by atoms with Gasteiger partial charge >= 0.3 is 0 Å². The molecule has 0 bridgehead atoms. The van der Waals surface area contributed by atoms with Crippen molar-refractivity contribution in [1.82, 2.24) is 5.32 Å². The van der Waals surface area contributed by atoms with Gasteiger partial charge in [0.25, 0.3) is 0 Å². The molecule has 1 unspecified atom stereocenters. The van der Waals surface area contributed by atoms with Gasteiger partial charge < -0.3 is 5.32 Å². The van der Waals surface area contributed by atoms with Crippen molar-refractivity contribution in [1.29, 1.82) is 0 Å². The second-order valence-electron chi connectivity index (χ2n) is 3.93. The van der Waals surface area contributed by atoms with E-state index in [1.165, 1.54) is 0 Å². The third-order valence-corrected chi connectivity index (χ3v) is 2.69. The number of allylic oxidation sites excluding steroid dienone is 2. The van der Waals surface area contributed by atoms with Gasteiger partial charge in [0, 0.05) is 18.9 Å². The van der Waals surface area contributed by atoms with Gasteiger partial charge in [0.05, 0.1) is 0 Å². The molecule has 2 heteroatoms. The van der Waals surface area contributed by atoms with Crippen LogP contribution in [-0.4, -0.2) is 12.5 Å². The molecule has 82 valence electrons. The Labute approximate surface area is 92.1 Å². The minimum absolute atomic E-state index is 0.197. The molecule has 0 saturated heterocycles. The van der Waals surface area contributed by atoms with Crippen molar-refractivity contribution in [2.24, 2.45) is 5.92 Å². The minimum atomic E-state index is 0.197. The van der Waals surface area contributed by atoms with Gasteiger partial charge in [-0.1, -0.05) is 12.2 Å². The van der Waals surface area contributed by atoms with E-state index in [0.29, 0.717) is 0 Å². The number of carbonyl (C=O) groups excluding carboxylic acids is 1. The van der Waals surface area contributed by atoms with Crippen molar-refractivity contribution in [3.63, 3.8) is 0 Å². The van der Waals surface area contributed by atoms with E-state index < -0.39 is 0 Å². The maximum Gasteiger partial charge on any atom is 0.223 e. The highest BCUT2D eigenvalue weighted by Crippen LogP contribution is 2.17. The van der Waals surface area contributed by atoms with Crippen LogP contribution in [0.15, 0.2) is 12.2 Å². The topological polar surface area (TPSA) is 29.1 Å². The smallest absolute Gasteiger partial charge is 0.223 e. The van der Waals surface area contributed by atoms with Crippen LogP contribution < -0.4 is 5.32 Å². The molecule has 0 radical (unpaired) electrons. The zero-order valence-electron chi connectivity index (χ0n) is 9.17. The summed E-state index contributed by atoms with van der Waals surface area (Å²) in [7, 11) is 0. The van der Waals surface area contributed by atoms with Gasteiger partial charge in [-0.2, -0.15) is 0 Å². The van der Waals surface area contributed by atoms with Crippen LogP contribution in [0.25, 0.3) is 0 Å². The first-order valence-corrected chi connectivity index (χ1v) is 5.70. The lowest BCUT2D eigenvalue weighted by atomic mass is 9.94. The Bertz CT molecular complexity index is 262.